The highest BCUT2D eigenvalue weighted by atomic mass is 79.9. The fraction of sp³-hybridized carbons (Fsp3) is 0.625. The predicted octanol–water partition coefficient (Wildman–Crippen LogP) is 3.09. The molecular weight excluding hydrogens is 316 g/mol. The van der Waals surface area contributed by atoms with Gasteiger partial charge in [-0.2, -0.15) is 0 Å². The van der Waals surface area contributed by atoms with Crippen LogP contribution in [0.15, 0.2) is 28.7 Å². The summed E-state index contributed by atoms with van der Waals surface area (Å²) in [6.45, 7) is 2.48. The van der Waals surface area contributed by atoms with Crippen molar-refractivity contribution in [2.24, 2.45) is 5.73 Å². The van der Waals surface area contributed by atoms with Crippen LogP contribution in [0.2, 0.25) is 0 Å². The second kappa shape index (κ2) is 6.56. The van der Waals surface area contributed by atoms with Crippen LogP contribution in [0.4, 0.5) is 0 Å². The predicted molar refractivity (Wildman–Crippen MR) is 84.6 cm³/mol. The summed E-state index contributed by atoms with van der Waals surface area (Å²) >= 11 is 3.68. The first-order chi connectivity index (χ1) is 9.81. The smallest absolute Gasteiger partial charge is 0.0731 e. The van der Waals surface area contributed by atoms with Crippen molar-refractivity contribution in [3.8, 4) is 0 Å². The maximum atomic E-state index is 6.12. The summed E-state index contributed by atoms with van der Waals surface area (Å²) in [6.07, 6.45) is 5.47. The zero-order valence-electron chi connectivity index (χ0n) is 11.8. The lowest BCUT2D eigenvalue weighted by Gasteiger charge is -2.47. The molecular formula is C16H23BrN2O. The van der Waals surface area contributed by atoms with Crippen LogP contribution in [0.3, 0.4) is 0 Å². The number of ether oxygens (including phenoxy) is 1. The minimum atomic E-state index is 0.292. The maximum absolute atomic E-state index is 6.12. The minimum absolute atomic E-state index is 0.292. The Hall–Kier alpha value is -0.420. The Morgan fingerprint density at radius 3 is 2.90 bits per heavy atom. The van der Waals surface area contributed by atoms with E-state index in [4.69, 9.17) is 10.5 Å². The highest BCUT2D eigenvalue weighted by molar-refractivity contribution is 9.10. The first-order valence-corrected chi connectivity index (χ1v) is 8.42. The number of nitrogens with two attached hydrogens (primary N) is 1. The van der Waals surface area contributed by atoms with Crippen molar-refractivity contribution in [3.63, 3.8) is 0 Å². The van der Waals surface area contributed by atoms with Crippen LogP contribution in [0.5, 0.6) is 0 Å². The Labute approximate surface area is 129 Å². The van der Waals surface area contributed by atoms with Crippen LogP contribution in [-0.2, 0) is 4.74 Å². The zero-order valence-corrected chi connectivity index (χ0v) is 13.4. The lowest BCUT2D eigenvalue weighted by molar-refractivity contribution is -0.102. The van der Waals surface area contributed by atoms with Crippen molar-refractivity contribution in [2.75, 3.05) is 19.7 Å². The molecule has 1 aromatic carbocycles. The van der Waals surface area contributed by atoms with Gasteiger partial charge in [0.2, 0.25) is 0 Å². The van der Waals surface area contributed by atoms with Gasteiger partial charge in [0.1, 0.15) is 0 Å². The van der Waals surface area contributed by atoms with E-state index in [1.54, 1.807) is 0 Å². The molecule has 1 aromatic rings. The highest BCUT2D eigenvalue weighted by Gasteiger charge is 2.37. The number of morpholine rings is 1. The second-order valence-electron chi connectivity index (χ2n) is 5.77. The van der Waals surface area contributed by atoms with Gasteiger partial charge in [-0.3, -0.25) is 4.90 Å². The number of hydrogen-bond donors (Lipinski definition) is 1. The highest BCUT2D eigenvalue weighted by Crippen LogP contribution is 2.35. The quantitative estimate of drug-likeness (QED) is 0.920. The summed E-state index contributed by atoms with van der Waals surface area (Å²) in [5.41, 5.74) is 7.43. The molecule has 0 spiro atoms. The van der Waals surface area contributed by atoms with Crippen LogP contribution in [0.25, 0.3) is 0 Å². The van der Waals surface area contributed by atoms with Crippen LogP contribution >= 0.6 is 15.9 Å². The van der Waals surface area contributed by atoms with E-state index in [1.165, 1.54) is 31.2 Å². The molecule has 3 nitrogen and oxygen atoms in total. The fourth-order valence-corrected chi connectivity index (χ4v) is 4.25. The topological polar surface area (TPSA) is 38.5 Å². The number of hydrogen-bond acceptors (Lipinski definition) is 3. The molecule has 0 aromatic heterocycles. The Balaban J connectivity index is 1.86. The van der Waals surface area contributed by atoms with Crippen LogP contribution < -0.4 is 5.73 Å². The van der Waals surface area contributed by atoms with Crippen molar-refractivity contribution in [2.45, 2.75) is 43.9 Å². The summed E-state index contributed by atoms with van der Waals surface area (Å²) in [4.78, 5) is 2.59. The number of halogens is 1. The van der Waals surface area contributed by atoms with Crippen molar-refractivity contribution < 1.29 is 4.74 Å². The first-order valence-electron chi connectivity index (χ1n) is 7.63. The molecule has 1 saturated heterocycles. The molecule has 0 amide bonds. The van der Waals surface area contributed by atoms with Crippen molar-refractivity contribution in [3.05, 3.63) is 34.3 Å². The largest absolute Gasteiger partial charge is 0.375 e. The van der Waals surface area contributed by atoms with Crippen molar-refractivity contribution in [1.29, 1.82) is 0 Å². The molecule has 4 heteroatoms. The second-order valence-corrected chi connectivity index (χ2v) is 6.63. The molecule has 3 atom stereocenters. The third-order valence-electron chi connectivity index (χ3n) is 4.66. The Morgan fingerprint density at radius 1 is 1.30 bits per heavy atom. The normalized spacial score (nSPS) is 28.9. The Bertz CT molecular complexity index is 452. The number of benzene rings is 1. The molecule has 2 N–H and O–H groups in total. The van der Waals surface area contributed by atoms with E-state index in [1.807, 2.05) is 0 Å². The van der Waals surface area contributed by atoms with Crippen LogP contribution in [-0.4, -0.2) is 36.7 Å². The number of nitrogens with zero attached hydrogens (tertiary/aromatic N) is 1. The molecule has 20 heavy (non-hydrogen) atoms. The van der Waals surface area contributed by atoms with Gasteiger partial charge < -0.3 is 10.5 Å². The third kappa shape index (κ3) is 2.80. The fourth-order valence-electron chi connectivity index (χ4n) is 3.70. The minimum Gasteiger partial charge on any atom is -0.375 e. The SMILES string of the molecule is NCC(c1ccccc1Br)N1CCOC2CCCCC21. The molecule has 1 aliphatic carbocycles. The standard InChI is InChI=1S/C16H23BrN2O/c17-13-6-2-1-5-12(13)15(11-18)19-9-10-20-16-8-4-3-7-14(16)19/h1-2,5-6,14-16H,3-4,7-11,18H2. The van der Waals surface area contributed by atoms with E-state index >= 15 is 0 Å². The van der Waals surface area contributed by atoms with Gasteiger partial charge in [0.05, 0.1) is 12.7 Å². The summed E-state index contributed by atoms with van der Waals surface area (Å²) in [5, 5.41) is 0. The first kappa shape index (κ1) is 14.5. The van der Waals surface area contributed by atoms with Crippen LogP contribution in [0, 0.1) is 0 Å². The molecule has 2 aliphatic rings. The van der Waals surface area contributed by atoms with Gasteiger partial charge in [-0.15, -0.1) is 0 Å². The molecule has 110 valence electrons. The van der Waals surface area contributed by atoms with E-state index < -0.39 is 0 Å². The van der Waals surface area contributed by atoms with E-state index in [0.717, 1.165) is 17.6 Å². The number of rotatable bonds is 3. The Kier molecular flexibility index (Phi) is 4.76. The average molecular weight is 339 g/mol. The Morgan fingerprint density at radius 2 is 2.10 bits per heavy atom. The zero-order chi connectivity index (χ0) is 13.9. The van der Waals surface area contributed by atoms with E-state index in [2.05, 4.69) is 45.1 Å². The van der Waals surface area contributed by atoms with Crippen LogP contribution in [0.1, 0.15) is 37.3 Å². The average Bonchev–Trinajstić information content (AvgIpc) is 2.50. The van der Waals surface area contributed by atoms with E-state index in [0.29, 0.717) is 24.7 Å². The molecule has 2 fully saturated rings. The van der Waals surface area contributed by atoms with Gasteiger partial charge in [-0.1, -0.05) is 47.0 Å². The van der Waals surface area contributed by atoms with E-state index in [-0.39, 0.29) is 0 Å². The van der Waals surface area contributed by atoms with Crippen molar-refractivity contribution in [1.82, 2.24) is 4.90 Å². The van der Waals surface area contributed by atoms with E-state index in [9.17, 15) is 0 Å². The summed E-state index contributed by atoms with van der Waals surface area (Å²) in [6, 6.07) is 9.29. The molecule has 1 heterocycles. The molecule has 1 saturated carbocycles. The third-order valence-corrected chi connectivity index (χ3v) is 5.39. The summed E-state index contributed by atoms with van der Waals surface area (Å²) < 4.78 is 7.14. The molecule has 0 bridgehead atoms. The molecule has 1 aliphatic heterocycles. The van der Waals surface area contributed by atoms with Gasteiger partial charge >= 0.3 is 0 Å². The lowest BCUT2D eigenvalue weighted by Crippen LogP contribution is -2.54. The molecule has 0 radical (unpaired) electrons. The number of fused-ring (bicyclic) bond motifs is 1. The summed E-state index contributed by atoms with van der Waals surface area (Å²) in [5.74, 6) is 0. The van der Waals surface area contributed by atoms with Gasteiger partial charge in [-0.05, 0) is 24.5 Å². The van der Waals surface area contributed by atoms with Gasteiger partial charge in [0, 0.05) is 29.6 Å². The molecule has 3 unspecified atom stereocenters. The molecule has 3 rings (SSSR count). The van der Waals surface area contributed by atoms with Gasteiger partial charge in [0.25, 0.3) is 0 Å². The monoisotopic (exact) mass is 338 g/mol. The summed E-state index contributed by atoms with van der Waals surface area (Å²) in [7, 11) is 0. The van der Waals surface area contributed by atoms with Crippen molar-refractivity contribution >= 4 is 15.9 Å². The van der Waals surface area contributed by atoms with Gasteiger partial charge in [0.15, 0.2) is 0 Å². The maximum Gasteiger partial charge on any atom is 0.0731 e. The van der Waals surface area contributed by atoms with Gasteiger partial charge in [-0.25, -0.2) is 0 Å². The lowest BCUT2D eigenvalue weighted by atomic mass is 9.88.